The first kappa shape index (κ1) is 11.7. The molecule has 0 N–H and O–H groups in total. The summed E-state index contributed by atoms with van der Waals surface area (Å²) in [4.78, 5) is 0. The second-order valence-electron chi connectivity index (χ2n) is 3.22. The van der Waals surface area contributed by atoms with E-state index in [1.165, 1.54) is 24.8 Å². The van der Waals surface area contributed by atoms with Crippen LogP contribution < -0.4 is 0 Å². The molecule has 0 saturated heterocycles. The average molecular weight is 169 g/mol. The van der Waals surface area contributed by atoms with Crippen molar-refractivity contribution >= 4 is 0 Å². The zero-order chi connectivity index (χ0) is 9.23. The molecule has 0 aromatic carbocycles. The second-order valence-corrected chi connectivity index (χ2v) is 3.22. The van der Waals surface area contributed by atoms with Crippen molar-refractivity contribution in [1.82, 2.24) is 0 Å². The van der Waals surface area contributed by atoms with Crippen molar-refractivity contribution in [3.63, 3.8) is 0 Å². The third kappa shape index (κ3) is 9.70. The molecular weight excluding hydrogens is 148 g/mol. The summed E-state index contributed by atoms with van der Waals surface area (Å²) in [7, 11) is 0. The van der Waals surface area contributed by atoms with E-state index in [4.69, 9.17) is 4.74 Å². The lowest BCUT2D eigenvalue weighted by atomic mass is 10.2. The van der Waals surface area contributed by atoms with Crippen LogP contribution in [0.15, 0.2) is 11.6 Å². The largest absolute Gasteiger partial charge is 0.376 e. The van der Waals surface area contributed by atoms with Gasteiger partial charge in [0.25, 0.3) is 0 Å². The summed E-state index contributed by atoms with van der Waals surface area (Å²) in [6.07, 6.45) is 6.89. The highest BCUT2D eigenvalue weighted by Crippen LogP contribution is 2.01. The first-order valence-corrected chi connectivity index (χ1v) is 4.84. The van der Waals surface area contributed by atoms with Crippen molar-refractivity contribution in [3.05, 3.63) is 18.3 Å². The lowest BCUT2D eigenvalue weighted by Crippen LogP contribution is -1.90. The summed E-state index contributed by atoms with van der Waals surface area (Å²) in [5, 5.41) is 0. The molecule has 0 aromatic heterocycles. The standard InChI is InChI=1S/C11H21O/c1-4-9-12-10-7-5-6-8-11(2)3/h8-9H,4-7,10H2,1-3H3. The van der Waals surface area contributed by atoms with Gasteiger partial charge in [-0.1, -0.05) is 18.6 Å². The summed E-state index contributed by atoms with van der Waals surface area (Å²) < 4.78 is 5.24. The number of allylic oxidation sites excluding steroid dienone is 2. The third-order valence-electron chi connectivity index (χ3n) is 1.55. The smallest absolute Gasteiger partial charge is 0.0833 e. The van der Waals surface area contributed by atoms with Crippen molar-refractivity contribution in [2.75, 3.05) is 6.61 Å². The van der Waals surface area contributed by atoms with Gasteiger partial charge in [0.1, 0.15) is 0 Å². The van der Waals surface area contributed by atoms with Crippen molar-refractivity contribution in [3.8, 4) is 0 Å². The normalized spacial score (nSPS) is 9.92. The Morgan fingerprint density at radius 3 is 2.58 bits per heavy atom. The minimum absolute atomic E-state index is 0.879. The summed E-state index contributed by atoms with van der Waals surface area (Å²) in [5.41, 5.74) is 1.41. The third-order valence-corrected chi connectivity index (χ3v) is 1.55. The van der Waals surface area contributed by atoms with Crippen molar-refractivity contribution in [1.29, 1.82) is 0 Å². The molecule has 0 saturated carbocycles. The summed E-state index contributed by atoms with van der Waals surface area (Å²) >= 11 is 0. The fraction of sp³-hybridized carbons (Fsp3) is 0.727. The molecule has 0 bridgehead atoms. The second kappa shape index (κ2) is 8.79. The van der Waals surface area contributed by atoms with Crippen LogP contribution in [0.25, 0.3) is 0 Å². The van der Waals surface area contributed by atoms with E-state index in [9.17, 15) is 0 Å². The van der Waals surface area contributed by atoms with Gasteiger partial charge in [-0.3, -0.25) is 0 Å². The van der Waals surface area contributed by atoms with Crippen LogP contribution >= 0.6 is 0 Å². The molecule has 1 heteroatoms. The molecule has 0 aliphatic heterocycles. The lowest BCUT2D eigenvalue weighted by molar-refractivity contribution is 0.189. The molecular formula is C11H21O. The first-order valence-electron chi connectivity index (χ1n) is 4.84. The Bertz CT molecular complexity index is 112. The first-order chi connectivity index (χ1) is 5.77. The van der Waals surface area contributed by atoms with Gasteiger partial charge in [-0.15, -0.1) is 0 Å². The average Bonchev–Trinajstić information content (AvgIpc) is 2.02. The molecule has 0 aliphatic rings. The predicted octanol–water partition coefficient (Wildman–Crippen LogP) is 3.71. The zero-order valence-corrected chi connectivity index (χ0v) is 8.60. The maximum absolute atomic E-state index is 5.24. The number of hydrogen-bond acceptors (Lipinski definition) is 1. The van der Waals surface area contributed by atoms with E-state index in [0.717, 1.165) is 13.0 Å². The molecule has 12 heavy (non-hydrogen) atoms. The van der Waals surface area contributed by atoms with Crippen LogP contribution in [0.1, 0.15) is 46.5 Å². The molecule has 0 atom stereocenters. The number of hydrogen-bond donors (Lipinski definition) is 0. The minimum atomic E-state index is 0.879. The topological polar surface area (TPSA) is 9.23 Å². The predicted molar refractivity (Wildman–Crippen MR) is 53.8 cm³/mol. The maximum Gasteiger partial charge on any atom is 0.0833 e. The van der Waals surface area contributed by atoms with Gasteiger partial charge in [0, 0.05) is 6.61 Å². The van der Waals surface area contributed by atoms with Crippen LogP contribution in [0, 0.1) is 6.61 Å². The quantitative estimate of drug-likeness (QED) is 0.417. The van der Waals surface area contributed by atoms with Gasteiger partial charge < -0.3 is 4.74 Å². The molecule has 0 heterocycles. The fourth-order valence-electron chi connectivity index (χ4n) is 0.922. The number of ether oxygens (including phenoxy) is 1. The lowest BCUT2D eigenvalue weighted by Gasteiger charge is -1.99. The molecule has 0 amide bonds. The van der Waals surface area contributed by atoms with Crippen LogP contribution in [0.3, 0.4) is 0 Å². The highest BCUT2D eigenvalue weighted by Gasteiger charge is 1.87. The fourth-order valence-corrected chi connectivity index (χ4v) is 0.922. The van der Waals surface area contributed by atoms with Crippen LogP contribution in [-0.2, 0) is 4.74 Å². The van der Waals surface area contributed by atoms with Crippen LogP contribution in [-0.4, -0.2) is 6.61 Å². The molecule has 0 spiro atoms. The molecule has 0 aliphatic carbocycles. The number of unbranched alkanes of at least 4 members (excludes halogenated alkanes) is 2. The van der Waals surface area contributed by atoms with Gasteiger partial charge in [-0.05, 0) is 39.5 Å². The van der Waals surface area contributed by atoms with Gasteiger partial charge in [0.15, 0.2) is 0 Å². The van der Waals surface area contributed by atoms with E-state index in [1.807, 2.05) is 6.61 Å². The molecule has 0 rings (SSSR count). The molecule has 71 valence electrons. The Morgan fingerprint density at radius 1 is 1.25 bits per heavy atom. The molecule has 1 nitrogen and oxygen atoms in total. The van der Waals surface area contributed by atoms with E-state index in [1.54, 1.807) is 0 Å². The van der Waals surface area contributed by atoms with Crippen molar-refractivity contribution in [2.24, 2.45) is 0 Å². The maximum atomic E-state index is 5.24. The Morgan fingerprint density at radius 2 is 2.00 bits per heavy atom. The SMILES string of the molecule is CC[CH]OCCCCC=C(C)C. The molecule has 0 unspecified atom stereocenters. The summed E-state index contributed by atoms with van der Waals surface area (Å²) in [6.45, 7) is 9.12. The molecule has 1 radical (unpaired) electrons. The van der Waals surface area contributed by atoms with E-state index in [2.05, 4.69) is 26.8 Å². The molecule has 0 aromatic rings. The Kier molecular flexibility index (Phi) is 8.57. The minimum Gasteiger partial charge on any atom is -0.376 e. The van der Waals surface area contributed by atoms with Crippen molar-refractivity contribution < 1.29 is 4.74 Å². The van der Waals surface area contributed by atoms with Gasteiger partial charge in [-0.2, -0.15) is 0 Å². The number of rotatable bonds is 7. The van der Waals surface area contributed by atoms with Crippen LogP contribution in [0.2, 0.25) is 0 Å². The van der Waals surface area contributed by atoms with Crippen LogP contribution in [0.5, 0.6) is 0 Å². The van der Waals surface area contributed by atoms with E-state index >= 15 is 0 Å². The summed E-state index contributed by atoms with van der Waals surface area (Å²) in [5.74, 6) is 0. The summed E-state index contributed by atoms with van der Waals surface area (Å²) in [6, 6.07) is 0. The van der Waals surface area contributed by atoms with Gasteiger partial charge in [0.2, 0.25) is 0 Å². The van der Waals surface area contributed by atoms with E-state index in [-0.39, 0.29) is 0 Å². The van der Waals surface area contributed by atoms with E-state index in [0.29, 0.717) is 0 Å². The highest BCUT2D eigenvalue weighted by atomic mass is 16.5. The van der Waals surface area contributed by atoms with Gasteiger partial charge in [0.05, 0.1) is 6.61 Å². The molecule has 0 fully saturated rings. The van der Waals surface area contributed by atoms with Crippen molar-refractivity contribution in [2.45, 2.75) is 46.5 Å². The van der Waals surface area contributed by atoms with E-state index < -0.39 is 0 Å². The van der Waals surface area contributed by atoms with Gasteiger partial charge >= 0.3 is 0 Å². The Labute approximate surface area is 76.8 Å². The Balaban J connectivity index is 2.96. The Hall–Kier alpha value is -0.300. The van der Waals surface area contributed by atoms with Crippen LogP contribution in [0.4, 0.5) is 0 Å². The van der Waals surface area contributed by atoms with Gasteiger partial charge in [-0.25, -0.2) is 0 Å². The zero-order valence-electron chi connectivity index (χ0n) is 8.60. The monoisotopic (exact) mass is 169 g/mol. The highest BCUT2D eigenvalue weighted by molar-refractivity contribution is 4.92.